The summed E-state index contributed by atoms with van der Waals surface area (Å²) in [4.78, 5) is 28.3. The van der Waals surface area contributed by atoms with E-state index in [2.05, 4.69) is 10.2 Å². The Morgan fingerprint density at radius 1 is 1.23 bits per heavy atom. The number of carbonyl (C=O) groups is 2. The lowest BCUT2D eigenvalue weighted by Crippen LogP contribution is -2.54. The Kier molecular flexibility index (Phi) is 6.94. The quantitative estimate of drug-likeness (QED) is 0.784. The van der Waals surface area contributed by atoms with Crippen molar-refractivity contribution in [2.75, 3.05) is 39.0 Å². The van der Waals surface area contributed by atoms with Crippen molar-refractivity contribution >= 4 is 23.6 Å². The molecule has 1 fully saturated rings. The number of likely N-dealkylation sites (N-methyl/N-ethyl adjacent to an activating group) is 1. The maximum absolute atomic E-state index is 12.8. The molecule has 1 aromatic rings. The van der Waals surface area contributed by atoms with E-state index in [9.17, 15) is 22.8 Å². The fourth-order valence-corrected chi connectivity index (χ4v) is 3.58. The first-order valence-corrected chi connectivity index (χ1v) is 9.20. The number of piperazine rings is 1. The minimum absolute atomic E-state index is 0.173. The molecular formula is C17H22F3N3O2S. The monoisotopic (exact) mass is 389 g/mol. The van der Waals surface area contributed by atoms with E-state index in [0.29, 0.717) is 18.0 Å². The van der Waals surface area contributed by atoms with Crippen molar-refractivity contribution in [2.45, 2.75) is 24.0 Å². The van der Waals surface area contributed by atoms with Gasteiger partial charge in [-0.25, -0.2) is 0 Å². The SMILES string of the molecule is CC(=O)NC(CSc1cccc(C(F)(F)F)c1)C(=O)N1CCN(C)CC1. The van der Waals surface area contributed by atoms with E-state index in [-0.39, 0.29) is 17.6 Å². The number of rotatable bonds is 5. The number of thioether (sulfide) groups is 1. The summed E-state index contributed by atoms with van der Waals surface area (Å²) in [6.45, 7) is 3.96. The Hall–Kier alpha value is -1.74. The summed E-state index contributed by atoms with van der Waals surface area (Å²) in [6.07, 6.45) is -4.41. The van der Waals surface area contributed by atoms with Gasteiger partial charge in [0.05, 0.1) is 5.56 Å². The van der Waals surface area contributed by atoms with Crippen LogP contribution in [0, 0.1) is 0 Å². The number of nitrogens with zero attached hydrogens (tertiary/aromatic N) is 2. The zero-order chi connectivity index (χ0) is 19.3. The van der Waals surface area contributed by atoms with Gasteiger partial charge in [0.2, 0.25) is 11.8 Å². The molecular weight excluding hydrogens is 367 g/mol. The fraction of sp³-hybridized carbons (Fsp3) is 0.529. The van der Waals surface area contributed by atoms with Gasteiger partial charge in [-0.3, -0.25) is 9.59 Å². The Bertz CT molecular complexity index is 646. The smallest absolute Gasteiger partial charge is 0.344 e. The number of amides is 2. The summed E-state index contributed by atoms with van der Waals surface area (Å²) in [5, 5.41) is 2.62. The fourth-order valence-electron chi connectivity index (χ4n) is 2.61. The van der Waals surface area contributed by atoms with Crippen molar-refractivity contribution in [1.82, 2.24) is 15.1 Å². The highest BCUT2D eigenvalue weighted by Crippen LogP contribution is 2.32. The number of benzene rings is 1. The van der Waals surface area contributed by atoms with Gasteiger partial charge in [0, 0.05) is 43.8 Å². The molecule has 0 radical (unpaired) electrons. The van der Waals surface area contributed by atoms with E-state index in [4.69, 9.17) is 0 Å². The number of carbonyl (C=O) groups excluding carboxylic acids is 2. The average Bonchev–Trinajstić information content (AvgIpc) is 2.58. The van der Waals surface area contributed by atoms with E-state index in [0.717, 1.165) is 37.0 Å². The third-order valence-electron chi connectivity index (χ3n) is 4.07. The van der Waals surface area contributed by atoms with E-state index in [1.807, 2.05) is 7.05 Å². The second-order valence-electron chi connectivity index (χ2n) is 6.22. The Labute approximate surface area is 154 Å². The highest BCUT2D eigenvalue weighted by Gasteiger charge is 2.31. The summed E-state index contributed by atoms with van der Waals surface area (Å²) in [5.41, 5.74) is -0.732. The van der Waals surface area contributed by atoms with Crippen LogP contribution in [0.2, 0.25) is 0 Å². The van der Waals surface area contributed by atoms with Gasteiger partial charge in [0.1, 0.15) is 6.04 Å². The van der Waals surface area contributed by atoms with Crippen molar-refractivity contribution in [2.24, 2.45) is 0 Å². The third-order valence-corrected chi connectivity index (χ3v) is 5.16. The lowest BCUT2D eigenvalue weighted by molar-refractivity contribution is -0.138. The first-order valence-electron chi connectivity index (χ1n) is 8.21. The molecule has 1 saturated heterocycles. The van der Waals surface area contributed by atoms with Crippen LogP contribution in [-0.2, 0) is 15.8 Å². The summed E-state index contributed by atoms with van der Waals surface area (Å²) in [5.74, 6) is -0.374. The minimum atomic E-state index is -4.41. The molecule has 0 spiro atoms. The van der Waals surface area contributed by atoms with E-state index >= 15 is 0 Å². The number of alkyl halides is 3. The van der Waals surface area contributed by atoms with Crippen LogP contribution in [0.4, 0.5) is 13.2 Å². The molecule has 1 aromatic carbocycles. The Balaban J connectivity index is 2.04. The van der Waals surface area contributed by atoms with Crippen molar-refractivity contribution in [3.63, 3.8) is 0 Å². The zero-order valence-corrected chi connectivity index (χ0v) is 15.5. The van der Waals surface area contributed by atoms with Crippen LogP contribution in [0.15, 0.2) is 29.2 Å². The van der Waals surface area contributed by atoms with Crippen LogP contribution in [0.3, 0.4) is 0 Å². The first kappa shape index (κ1) is 20.6. The molecule has 1 N–H and O–H groups in total. The average molecular weight is 389 g/mol. The normalized spacial score (nSPS) is 17.0. The van der Waals surface area contributed by atoms with Gasteiger partial charge >= 0.3 is 6.18 Å². The van der Waals surface area contributed by atoms with Gasteiger partial charge < -0.3 is 15.1 Å². The van der Waals surface area contributed by atoms with Gasteiger partial charge in [0.15, 0.2) is 0 Å². The molecule has 0 aromatic heterocycles. The number of nitrogens with one attached hydrogen (secondary N) is 1. The van der Waals surface area contributed by atoms with Crippen LogP contribution < -0.4 is 5.32 Å². The molecule has 1 atom stereocenters. The van der Waals surface area contributed by atoms with Crippen molar-refractivity contribution in [1.29, 1.82) is 0 Å². The molecule has 9 heteroatoms. The first-order chi connectivity index (χ1) is 12.2. The molecule has 1 aliphatic rings. The second-order valence-corrected chi connectivity index (χ2v) is 7.31. The summed E-state index contributed by atoms with van der Waals surface area (Å²) in [6, 6.07) is 4.18. The third kappa shape index (κ3) is 5.91. The highest BCUT2D eigenvalue weighted by atomic mass is 32.2. The molecule has 144 valence electrons. The highest BCUT2D eigenvalue weighted by molar-refractivity contribution is 7.99. The Morgan fingerprint density at radius 3 is 2.46 bits per heavy atom. The summed E-state index contributed by atoms with van der Waals surface area (Å²) >= 11 is 1.12. The second kappa shape index (κ2) is 8.77. The standard InChI is InChI=1S/C17H22F3N3O2S/c1-12(24)21-15(16(25)23-8-6-22(2)7-9-23)11-26-14-5-3-4-13(10-14)17(18,19)20/h3-5,10,15H,6-9,11H2,1-2H3,(H,21,24). The van der Waals surface area contributed by atoms with Gasteiger partial charge in [-0.2, -0.15) is 13.2 Å². The van der Waals surface area contributed by atoms with E-state index < -0.39 is 17.8 Å². The van der Waals surface area contributed by atoms with Gasteiger partial charge in [-0.05, 0) is 25.2 Å². The molecule has 1 unspecified atom stereocenters. The van der Waals surface area contributed by atoms with Crippen molar-refractivity contribution in [3.8, 4) is 0 Å². The number of halogens is 3. The lowest BCUT2D eigenvalue weighted by atomic mass is 10.2. The molecule has 26 heavy (non-hydrogen) atoms. The van der Waals surface area contributed by atoms with Crippen molar-refractivity contribution in [3.05, 3.63) is 29.8 Å². The van der Waals surface area contributed by atoms with Crippen LogP contribution in [0.5, 0.6) is 0 Å². The van der Waals surface area contributed by atoms with E-state index in [1.165, 1.54) is 13.0 Å². The molecule has 1 aliphatic heterocycles. The lowest BCUT2D eigenvalue weighted by Gasteiger charge is -2.34. The van der Waals surface area contributed by atoms with Crippen LogP contribution >= 0.6 is 11.8 Å². The Morgan fingerprint density at radius 2 is 1.88 bits per heavy atom. The topological polar surface area (TPSA) is 52.7 Å². The number of hydrogen-bond acceptors (Lipinski definition) is 4. The van der Waals surface area contributed by atoms with Crippen LogP contribution in [0.25, 0.3) is 0 Å². The molecule has 5 nitrogen and oxygen atoms in total. The van der Waals surface area contributed by atoms with Crippen LogP contribution in [0.1, 0.15) is 12.5 Å². The maximum Gasteiger partial charge on any atom is 0.416 e. The van der Waals surface area contributed by atoms with Gasteiger partial charge in [0.25, 0.3) is 0 Å². The molecule has 2 amide bonds. The molecule has 0 bridgehead atoms. The largest absolute Gasteiger partial charge is 0.416 e. The van der Waals surface area contributed by atoms with Crippen molar-refractivity contribution < 1.29 is 22.8 Å². The minimum Gasteiger partial charge on any atom is -0.344 e. The zero-order valence-electron chi connectivity index (χ0n) is 14.7. The number of hydrogen-bond donors (Lipinski definition) is 1. The molecule has 0 saturated carbocycles. The maximum atomic E-state index is 12.8. The van der Waals surface area contributed by atoms with E-state index in [1.54, 1.807) is 11.0 Å². The molecule has 2 rings (SSSR count). The van der Waals surface area contributed by atoms with Crippen LogP contribution in [-0.4, -0.2) is 66.6 Å². The molecule has 0 aliphatic carbocycles. The van der Waals surface area contributed by atoms with Gasteiger partial charge in [-0.1, -0.05) is 6.07 Å². The van der Waals surface area contributed by atoms with Gasteiger partial charge in [-0.15, -0.1) is 11.8 Å². The molecule has 1 heterocycles. The summed E-state index contributed by atoms with van der Waals surface area (Å²) in [7, 11) is 1.97. The predicted octanol–water partition coefficient (Wildman–Crippen LogP) is 2.08. The predicted molar refractivity (Wildman–Crippen MR) is 93.8 cm³/mol. The summed E-state index contributed by atoms with van der Waals surface area (Å²) < 4.78 is 38.4.